The van der Waals surface area contributed by atoms with Crippen molar-refractivity contribution in [2.75, 3.05) is 0 Å². The smallest absolute Gasteiger partial charge is 0.0880 e. The van der Waals surface area contributed by atoms with E-state index in [0.29, 0.717) is 0 Å². The molecule has 0 aliphatic rings. The Balaban J connectivity index is 2.99. The van der Waals surface area contributed by atoms with Crippen molar-refractivity contribution in [3.8, 4) is 0 Å². The molecule has 4 heteroatoms. The molecule has 0 saturated carbocycles. The summed E-state index contributed by atoms with van der Waals surface area (Å²) in [5.41, 5.74) is 1.74. The first-order valence-corrected chi connectivity index (χ1v) is 3.85. The van der Waals surface area contributed by atoms with Crippen molar-refractivity contribution in [2.45, 2.75) is 33.4 Å². The quantitative estimate of drug-likeness (QED) is 0.685. The Kier molecular flexibility index (Phi) is 2.59. The minimum absolute atomic E-state index is 0.0318. The monoisotopic (exact) mass is 155 g/mol. The Morgan fingerprint density at radius 1 is 1.45 bits per heavy atom. The van der Waals surface area contributed by atoms with Crippen molar-refractivity contribution in [2.24, 2.45) is 0 Å². The molecule has 11 heavy (non-hydrogen) atoms. The van der Waals surface area contributed by atoms with Crippen LogP contribution in [0.1, 0.15) is 25.2 Å². The maximum Gasteiger partial charge on any atom is 0.0880 e. The van der Waals surface area contributed by atoms with Gasteiger partial charge in [0.2, 0.25) is 0 Å². The van der Waals surface area contributed by atoms with Gasteiger partial charge >= 0.3 is 0 Å². The third kappa shape index (κ3) is 1.40. The first kappa shape index (κ1) is 8.20. The third-order valence-electron chi connectivity index (χ3n) is 1.70. The molecule has 0 spiro atoms. The van der Waals surface area contributed by atoms with E-state index in [1.54, 1.807) is 4.68 Å². The first-order valence-electron chi connectivity index (χ1n) is 3.85. The average Bonchev–Trinajstić information content (AvgIpc) is 2.45. The number of aromatic nitrogens is 3. The van der Waals surface area contributed by atoms with Crippen LogP contribution in [-0.4, -0.2) is 20.1 Å². The van der Waals surface area contributed by atoms with Gasteiger partial charge in [0.25, 0.3) is 0 Å². The molecule has 1 aromatic heterocycles. The highest BCUT2D eigenvalue weighted by Crippen LogP contribution is 2.05. The van der Waals surface area contributed by atoms with Crippen LogP contribution in [0.25, 0.3) is 0 Å². The Morgan fingerprint density at radius 3 is 2.64 bits per heavy atom. The van der Waals surface area contributed by atoms with Crippen LogP contribution in [0.2, 0.25) is 0 Å². The van der Waals surface area contributed by atoms with Crippen molar-refractivity contribution in [1.29, 1.82) is 0 Å². The molecule has 0 radical (unpaired) electrons. The Labute approximate surface area is 65.8 Å². The van der Waals surface area contributed by atoms with Gasteiger partial charge in [-0.1, -0.05) is 12.1 Å². The van der Waals surface area contributed by atoms with Gasteiger partial charge in [-0.15, -0.1) is 5.10 Å². The van der Waals surface area contributed by atoms with E-state index in [-0.39, 0.29) is 6.61 Å². The van der Waals surface area contributed by atoms with Crippen molar-refractivity contribution in [3.05, 3.63) is 11.4 Å². The van der Waals surface area contributed by atoms with Gasteiger partial charge in [0, 0.05) is 6.54 Å². The van der Waals surface area contributed by atoms with Gasteiger partial charge in [-0.3, -0.25) is 0 Å². The lowest BCUT2D eigenvalue weighted by Gasteiger charge is -1.99. The van der Waals surface area contributed by atoms with E-state index >= 15 is 0 Å². The highest BCUT2D eigenvalue weighted by atomic mass is 16.3. The summed E-state index contributed by atoms with van der Waals surface area (Å²) >= 11 is 0. The molecule has 1 N–H and O–H groups in total. The molecule has 4 nitrogen and oxygen atoms in total. The molecule has 0 amide bonds. The molecule has 0 atom stereocenters. The molecule has 62 valence electrons. The molecule has 1 heterocycles. The largest absolute Gasteiger partial charge is 0.390 e. The molecule has 0 unspecified atom stereocenters. The summed E-state index contributed by atoms with van der Waals surface area (Å²) in [6, 6.07) is 0. The van der Waals surface area contributed by atoms with Gasteiger partial charge < -0.3 is 5.11 Å². The van der Waals surface area contributed by atoms with Gasteiger partial charge in [-0.2, -0.15) is 0 Å². The normalized spacial score (nSPS) is 10.5. The summed E-state index contributed by atoms with van der Waals surface area (Å²) in [4.78, 5) is 0. The molecule has 0 aliphatic carbocycles. The second-order valence-corrected chi connectivity index (χ2v) is 2.31. The fourth-order valence-electron chi connectivity index (χ4n) is 1.07. The highest BCUT2D eigenvalue weighted by molar-refractivity contribution is 5.08. The number of aliphatic hydroxyl groups is 1. The van der Waals surface area contributed by atoms with Crippen LogP contribution in [0.5, 0.6) is 0 Å². The SMILES string of the molecule is CCc1nnn(CC)c1CO. The number of aliphatic hydroxyl groups excluding tert-OH is 1. The van der Waals surface area contributed by atoms with Gasteiger partial charge in [-0.25, -0.2) is 4.68 Å². The van der Waals surface area contributed by atoms with Gasteiger partial charge in [0.15, 0.2) is 0 Å². The Bertz CT molecular complexity index is 210. The molecule has 1 aromatic rings. The second-order valence-electron chi connectivity index (χ2n) is 2.31. The van der Waals surface area contributed by atoms with E-state index in [4.69, 9.17) is 5.11 Å². The van der Waals surface area contributed by atoms with Gasteiger partial charge in [0.05, 0.1) is 18.0 Å². The fourth-order valence-corrected chi connectivity index (χ4v) is 1.07. The van der Waals surface area contributed by atoms with Crippen LogP contribution < -0.4 is 0 Å². The van der Waals surface area contributed by atoms with Gasteiger partial charge in [0.1, 0.15) is 0 Å². The van der Waals surface area contributed by atoms with E-state index in [0.717, 1.165) is 24.4 Å². The standard InChI is InChI=1S/C7H13N3O/c1-3-6-7(5-11)10(4-2)9-8-6/h11H,3-5H2,1-2H3. The van der Waals surface area contributed by atoms with Crippen LogP contribution in [-0.2, 0) is 19.6 Å². The average molecular weight is 155 g/mol. The number of aryl methyl sites for hydroxylation is 2. The maximum atomic E-state index is 8.95. The van der Waals surface area contributed by atoms with E-state index in [1.807, 2.05) is 13.8 Å². The molecule has 0 saturated heterocycles. The van der Waals surface area contributed by atoms with Crippen molar-refractivity contribution >= 4 is 0 Å². The molecule has 0 aromatic carbocycles. The summed E-state index contributed by atoms with van der Waals surface area (Å²) < 4.78 is 1.72. The molecule has 1 rings (SSSR count). The number of rotatable bonds is 3. The van der Waals surface area contributed by atoms with Crippen LogP contribution in [0.15, 0.2) is 0 Å². The maximum absolute atomic E-state index is 8.95. The number of hydrogen-bond donors (Lipinski definition) is 1. The lowest BCUT2D eigenvalue weighted by Crippen LogP contribution is -2.03. The molecule has 0 aliphatic heterocycles. The summed E-state index contributed by atoms with van der Waals surface area (Å²) in [5.74, 6) is 0. The molecule has 0 fully saturated rings. The predicted octanol–water partition coefficient (Wildman–Crippen LogP) is 0.353. The highest BCUT2D eigenvalue weighted by Gasteiger charge is 2.07. The van der Waals surface area contributed by atoms with Crippen molar-refractivity contribution < 1.29 is 5.11 Å². The van der Waals surface area contributed by atoms with Crippen LogP contribution >= 0.6 is 0 Å². The van der Waals surface area contributed by atoms with Crippen LogP contribution in [0.3, 0.4) is 0 Å². The van der Waals surface area contributed by atoms with E-state index in [9.17, 15) is 0 Å². The molecular weight excluding hydrogens is 142 g/mol. The minimum atomic E-state index is 0.0318. The van der Waals surface area contributed by atoms with E-state index < -0.39 is 0 Å². The summed E-state index contributed by atoms with van der Waals surface area (Å²) in [5, 5.41) is 16.8. The molecular formula is C7H13N3O. The summed E-state index contributed by atoms with van der Waals surface area (Å²) in [6.45, 7) is 4.78. The van der Waals surface area contributed by atoms with Gasteiger partial charge in [-0.05, 0) is 13.3 Å². The number of nitrogens with zero attached hydrogens (tertiary/aromatic N) is 3. The zero-order valence-electron chi connectivity index (χ0n) is 6.91. The lowest BCUT2D eigenvalue weighted by atomic mass is 10.3. The predicted molar refractivity (Wildman–Crippen MR) is 41.0 cm³/mol. The molecule has 0 bridgehead atoms. The Hall–Kier alpha value is -0.900. The third-order valence-corrected chi connectivity index (χ3v) is 1.70. The van der Waals surface area contributed by atoms with Crippen LogP contribution in [0, 0.1) is 0 Å². The Morgan fingerprint density at radius 2 is 2.18 bits per heavy atom. The summed E-state index contributed by atoms with van der Waals surface area (Å²) in [6.07, 6.45) is 0.829. The van der Waals surface area contributed by atoms with Crippen molar-refractivity contribution in [1.82, 2.24) is 15.0 Å². The number of hydrogen-bond acceptors (Lipinski definition) is 3. The lowest BCUT2D eigenvalue weighted by molar-refractivity contribution is 0.267. The minimum Gasteiger partial charge on any atom is -0.390 e. The zero-order chi connectivity index (χ0) is 8.27. The van der Waals surface area contributed by atoms with E-state index in [2.05, 4.69) is 10.3 Å². The zero-order valence-corrected chi connectivity index (χ0v) is 6.91. The first-order chi connectivity index (χ1) is 5.33. The van der Waals surface area contributed by atoms with E-state index in [1.165, 1.54) is 0 Å². The topological polar surface area (TPSA) is 50.9 Å². The summed E-state index contributed by atoms with van der Waals surface area (Å²) in [7, 11) is 0. The van der Waals surface area contributed by atoms with Crippen molar-refractivity contribution in [3.63, 3.8) is 0 Å². The van der Waals surface area contributed by atoms with Crippen LogP contribution in [0.4, 0.5) is 0 Å². The fraction of sp³-hybridized carbons (Fsp3) is 0.714. The second kappa shape index (κ2) is 3.48.